The minimum absolute atomic E-state index is 0.133. The molecule has 0 radical (unpaired) electrons. The molecule has 0 amide bonds. The van der Waals surface area contributed by atoms with Gasteiger partial charge in [-0.15, -0.1) is 0 Å². The molecule has 0 spiro atoms. The Balaban J connectivity index is 2.22. The summed E-state index contributed by atoms with van der Waals surface area (Å²) in [7, 11) is 3.92. The van der Waals surface area contributed by atoms with E-state index in [1.165, 1.54) is 0 Å². The van der Waals surface area contributed by atoms with Gasteiger partial charge in [0.1, 0.15) is 5.82 Å². The topological polar surface area (TPSA) is 34.6 Å². The molecule has 1 fully saturated rings. The third-order valence-electron chi connectivity index (χ3n) is 2.46. The third-order valence-corrected chi connectivity index (χ3v) is 2.46. The van der Waals surface area contributed by atoms with Gasteiger partial charge in [0.05, 0.1) is 18.4 Å². The quantitative estimate of drug-likeness (QED) is 0.786. The van der Waals surface area contributed by atoms with E-state index in [1.807, 2.05) is 38.9 Å². The molecule has 4 nitrogen and oxygen atoms in total. The minimum atomic E-state index is 0.133. The molecular formula is C13H20N2O2. The van der Waals surface area contributed by atoms with Crippen molar-refractivity contribution in [1.29, 1.82) is 0 Å². The van der Waals surface area contributed by atoms with E-state index in [0.29, 0.717) is 6.10 Å². The van der Waals surface area contributed by atoms with Crippen LogP contribution >= 0.6 is 0 Å². The number of pyridine rings is 1. The molecule has 2 rings (SSSR count). The van der Waals surface area contributed by atoms with Crippen LogP contribution in [0, 0.1) is 0 Å². The fourth-order valence-electron chi connectivity index (χ4n) is 1.46. The highest BCUT2D eigenvalue weighted by Crippen LogP contribution is 2.35. The van der Waals surface area contributed by atoms with Crippen molar-refractivity contribution in [2.45, 2.75) is 38.9 Å². The van der Waals surface area contributed by atoms with E-state index >= 15 is 0 Å². The van der Waals surface area contributed by atoms with Crippen molar-refractivity contribution in [1.82, 2.24) is 4.98 Å². The van der Waals surface area contributed by atoms with Gasteiger partial charge >= 0.3 is 0 Å². The molecule has 4 heteroatoms. The number of anilines is 1. The van der Waals surface area contributed by atoms with Crippen LogP contribution in [0.5, 0.6) is 11.5 Å². The van der Waals surface area contributed by atoms with Gasteiger partial charge in [-0.2, -0.15) is 0 Å². The Morgan fingerprint density at radius 3 is 2.53 bits per heavy atom. The molecule has 1 aromatic rings. The summed E-state index contributed by atoms with van der Waals surface area (Å²) in [4.78, 5) is 6.30. The fraction of sp³-hybridized carbons (Fsp3) is 0.615. The molecule has 94 valence electrons. The maximum absolute atomic E-state index is 5.79. The maximum Gasteiger partial charge on any atom is 0.180 e. The summed E-state index contributed by atoms with van der Waals surface area (Å²) in [5.41, 5.74) is 0. The molecule has 0 aromatic carbocycles. The molecule has 0 bridgehead atoms. The Bertz CT molecular complexity index is 387. The van der Waals surface area contributed by atoms with Crippen molar-refractivity contribution < 1.29 is 9.47 Å². The van der Waals surface area contributed by atoms with Crippen LogP contribution in [-0.2, 0) is 0 Å². The lowest BCUT2D eigenvalue weighted by Crippen LogP contribution is -2.13. The zero-order valence-electron chi connectivity index (χ0n) is 10.9. The van der Waals surface area contributed by atoms with Crippen LogP contribution in [0.2, 0.25) is 0 Å². The predicted octanol–water partition coefficient (Wildman–Crippen LogP) is 2.48. The highest BCUT2D eigenvalue weighted by molar-refractivity contribution is 5.49. The van der Waals surface area contributed by atoms with Crippen LogP contribution in [-0.4, -0.2) is 31.3 Å². The first-order valence-corrected chi connectivity index (χ1v) is 6.07. The van der Waals surface area contributed by atoms with Crippen molar-refractivity contribution in [3.05, 3.63) is 12.3 Å². The van der Waals surface area contributed by atoms with Gasteiger partial charge in [0.25, 0.3) is 0 Å². The largest absolute Gasteiger partial charge is 0.487 e. The average molecular weight is 236 g/mol. The number of ether oxygens (including phenoxy) is 2. The van der Waals surface area contributed by atoms with E-state index in [-0.39, 0.29) is 6.10 Å². The second kappa shape index (κ2) is 4.82. The SMILES string of the molecule is CC(C)Oc1cc(N(C)C)ncc1OC1CC1. The Morgan fingerprint density at radius 2 is 2.00 bits per heavy atom. The normalized spacial score (nSPS) is 14.9. The van der Waals surface area contributed by atoms with Crippen molar-refractivity contribution >= 4 is 5.82 Å². The lowest BCUT2D eigenvalue weighted by Gasteiger charge is -2.18. The fourth-order valence-corrected chi connectivity index (χ4v) is 1.46. The highest BCUT2D eigenvalue weighted by Gasteiger charge is 2.25. The van der Waals surface area contributed by atoms with Gasteiger partial charge in [-0.25, -0.2) is 4.98 Å². The van der Waals surface area contributed by atoms with Crippen LogP contribution in [0.4, 0.5) is 5.82 Å². The first kappa shape index (κ1) is 12.0. The number of hydrogen-bond donors (Lipinski definition) is 0. The monoisotopic (exact) mass is 236 g/mol. The molecule has 1 saturated carbocycles. The van der Waals surface area contributed by atoms with Crippen molar-refractivity contribution in [3.8, 4) is 11.5 Å². The summed E-state index contributed by atoms with van der Waals surface area (Å²) in [6, 6.07) is 1.93. The van der Waals surface area contributed by atoms with Crippen molar-refractivity contribution in [3.63, 3.8) is 0 Å². The minimum Gasteiger partial charge on any atom is -0.487 e. The van der Waals surface area contributed by atoms with E-state index in [2.05, 4.69) is 4.98 Å². The van der Waals surface area contributed by atoms with Gasteiger partial charge < -0.3 is 14.4 Å². The third kappa shape index (κ3) is 3.25. The zero-order chi connectivity index (χ0) is 12.4. The van der Waals surface area contributed by atoms with E-state index in [1.54, 1.807) is 6.20 Å². The van der Waals surface area contributed by atoms with Gasteiger partial charge in [0, 0.05) is 20.2 Å². The number of rotatable bonds is 5. The molecule has 0 saturated heterocycles. The lowest BCUT2D eigenvalue weighted by atomic mass is 10.3. The summed E-state index contributed by atoms with van der Waals surface area (Å²) >= 11 is 0. The van der Waals surface area contributed by atoms with E-state index < -0.39 is 0 Å². The molecule has 0 aliphatic heterocycles. The van der Waals surface area contributed by atoms with Crippen LogP contribution in [0.25, 0.3) is 0 Å². The summed E-state index contributed by atoms with van der Waals surface area (Å²) in [6.45, 7) is 4.02. The Kier molecular flexibility index (Phi) is 3.41. The molecular weight excluding hydrogens is 216 g/mol. The number of aromatic nitrogens is 1. The van der Waals surface area contributed by atoms with Gasteiger partial charge in [-0.05, 0) is 26.7 Å². The van der Waals surface area contributed by atoms with E-state index in [9.17, 15) is 0 Å². The van der Waals surface area contributed by atoms with Gasteiger partial charge in [-0.1, -0.05) is 0 Å². The standard InChI is InChI=1S/C13H20N2O2/c1-9(2)16-11-7-13(15(3)4)14-8-12(11)17-10-5-6-10/h7-10H,5-6H2,1-4H3. The highest BCUT2D eigenvalue weighted by atomic mass is 16.5. The molecule has 0 atom stereocenters. The van der Waals surface area contributed by atoms with Crippen LogP contribution in [0.3, 0.4) is 0 Å². The van der Waals surface area contributed by atoms with E-state index in [0.717, 1.165) is 30.2 Å². The molecule has 1 heterocycles. The summed E-state index contributed by atoms with van der Waals surface area (Å²) in [6.07, 6.45) is 4.52. The summed E-state index contributed by atoms with van der Waals surface area (Å²) in [5, 5.41) is 0. The molecule has 0 N–H and O–H groups in total. The van der Waals surface area contributed by atoms with Gasteiger partial charge in [0.15, 0.2) is 11.5 Å². The maximum atomic E-state index is 5.79. The second-order valence-corrected chi connectivity index (χ2v) is 4.87. The molecule has 1 aromatic heterocycles. The number of nitrogens with zero attached hydrogens (tertiary/aromatic N) is 2. The first-order valence-electron chi connectivity index (χ1n) is 6.07. The predicted molar refractivity (Wildman–Crippen MR) is 68.0 cm³/mol. The van der Waals surface area contributed by atoms with Crippen LogP contribution in [0.1, 0.15) is 26.7 Å². The number of hydrogen-bond acceptors (Lipinski definition) is 4. The Hall–Kier alpha value is -1.45. The lowest BCUT2D eigenvalue weighted by molar-refractivity contribution is 0.217. The summed E-state index contributed by atoms with van der Waals surface area (Å²) < 4.78 is 11.6. The van der Waals surface area contributed by atoms with Crippen molar-refractivity contribution in [2.75, 3.05) is 19.0 Å². The Morgan fingerprint density at radius 1 is 1.29 bits per heavy atom. The second-order valence-electron chi connectivity index (χ2n) is 4.87. The van der Waals surface area contributed by atoms with Crippen LogP contribution < -0.4 is 14.4 Å². The van der Waals surface area contributed by atoms with Crippen LogP contribution in [0.15, 0.2) is 12.3 Å². The smallest absolute Gasteiger partial charge is 0.180 e. The van der Waals surface area contributed by atoms with E-state index in [4.69, 9.17) is 9.47 Å². The zero-order valence-corrected chi connectivity index (χ0v) is 10.9. The molecule has 0 unspecified atom stereocenters. The molecule has 1 aliphatic rings. The molecule has 1 aliphatic carbocycles. The molecule has 17 heavy (non-hydrogen) atoms. The summed E-state index contributed by atoms with van der Waals surface area (Å²) in [5.74, 6) is 2.42. The average Bonchev–Trinajstić information content (AvgIpc) is 3.03. The first-order chi connectivity index (χ1) is 8.06. The van der Waals surface area contributed by atoms with Gasteiger partial charge in [0.2, 0.25) is 0 Å². The van der Waals surface area contributed by atoms with Crippen molar-refractivity contribution in [2.24, 2.45) is 0 Å². The Labute approximate surface area is 103 Å². The van der Waals surface area contributed by atoms with Gasteiger partial charge in [-0.3, -0.25) is 0 Å².